The van der Waals surface area contributed by atoms with Gasteiger partial charge in [-0.15, -0.1) is 0 Å². The first-order chi connectivity index (χ1) is 13.1. The van der Waals surface area contributed by atoms with Crippen LogP contribution in [0.2, 0.25) is 0 Å². The highest BCUT2D eigenvalue weighted by molar-refractivity contribution is 6.10. The number of nitrogens with one attached hydrogen (secondary N) is 1. The number of methoxy groups -OCH3 is 1. The van der Waals surface area contributed by atoms with Crippen molar-refractivity contribution in [2.45, 2.75) is 6.92 Å². The third-order valence-corrected chi connectivity index (χ3v) is 4.18. The Bertz CT molecular complexity index is 1140. The molecule has 7 heteroatoms. The summed E-state index contributed by atoms with van der Waals surface area (Å²) in [7, 11) is 1.39. The third kappa shape index (κ3) is 2.87. The van der Waals surface area contributed by atoms with Crippen LogP contribution in [0.3, 0.4) is 0 Å². The van der Waals surface area contributed by atoms with Crippen molar-refractivity contribution in [1.29, 1.82) is 0 Å². The minimum absolute atomic E-state index is 0.114. The maximum Gasteiger partial charge on any atom is 0.515 e. The molecule has 0 aliphatic rings. The SMILES string of the molecule is CCOC(=O)Oc1[nH]c2c(oc3ccccc32)c1-c1ccc(OC)c(F)c1. The van der Waals surface area contributed by atoms with Gasteiger partial charge in [-0.2, -0.15) is 0 Å². The van der Waals surface area contributed by atoms with Crippen molar-refractivity contribution in [3.8, 4) is 22.8 Å². The van der Waals surface area contributed by atoms with Crippen LogP contribution in [-0.2, 0) is 4.74 Å². The Morgan fingerprint density at radius 2 is 2.04 bits per heavy atom. The van der Waals surface area contributed by atoms with E-state index in [0.717, 1.165) is 5.39 Å². The second-order valence-electron chi connectivity index (χ2n) is 5.77. The molecule has 0 aliphatic carbocycles. The first-order valence-electron chi connectivity index (χ1n) is 8.34. The minimum atomic E-state index is -0.860. The van der Waals surface area contributed by atoms with Gasteiger partial charge in [0.25, 0.3) is 0 Å². The zero-order valence-electron chi connectivity index (χ0n) is 14.7. The number of aromatic nitrogens is 1. The molecule has 2 aromatic heterocycles. The normalized spacial score (nSPS) is 11.1. The number of carbonyl (C=O) groups excluding carboxylic acids is 1. The molecule has 6 nitrogen and oxygen atoms in total. The smallest absolute Gasteiger partial charge is 0.494 e. The number of aromatic amines is 1. The molecule has 0 amide bonds. The summed E-state index contributed by atoms with van der Waals surface area (Å²) in [6.07, 6.45) is -0.860. The lowest BCUT2D eigenvalue weighted by atomic mass is 10.1. The predicted octanol–water partition coefficient (Wildman–Crippen LogP) is 5.26. The van der Waals surface area contributed by atoms with Gasteiger partial charge in [0.2, 0.25) is 5.88 Å². The molecule has 2 aromatic carbocycles. The maximum atomic E-state index is 14.3. The summed E-state index contributed by atoms with van der Waals surface area (Å²) in [5, 5.41) is 0.821. The van der Waals surface area contributed by atoms with E-state index in [1.165, 1.54) is 19.2 Å². The quantitative estimate of drug-likeness (QED) is 0.497. The molecule has 0 atom stereocenters. The van der Waals surface area contributed by atoms with Gasteiger partial charge in [0.05, 0.1) is 24.8 Å². The fourth-order valence-electron chi connectivity index (χ4n) is 3.02. The molecular weight excluding hydrogens is 353 g/mol. The Hall–Kier alpha value is -3.48. The molecule has 2 heterocycles. The van der Waals surface area contributed by atoms with E-state index >= 15 is 0 Å². The fourth-order valence-corrected chi connectivity index (χ4v) is 3.02. The summed E-state index contributed by atoms with van der Waals surface area (Å²) in [5.74, 6) is -0.303. The Balaban J connectivity index is 1.94. The van der Waals surface area contributed by atoms with Crippen molar-refractivity contribution in [2.75, 3.05) is 13.7 Å². The van der Waals surface area contributed by atoms with Crippen LogP contribution in [0.1, 0.15) is 6.92 Å². The van der Waals surface area contributed by atoms with Crippen molar-refractivity contribution >= 4 is 28.2 Å². The summed E-state index contributed by atoms with van der Waals surface area (Å²) in [6.45, 7) is 1.85. The lowest BCUT2D eigenvalue weighted by molar-refractivity contribution is 0.103. The van der Waals surface area contributed by atoms with Gasteiger partial charge in [-0.05, 0) is 36.8 Å². The first kappa shape index (κ1) is 17.0. The number of fused-ring (bicyclic) bond motifs is 3. The summed E-state index contributed by atoms with van der Waals surface area (Å²) in [5.41, 5.74) is 2.67. The Morgan fingerprint density at radius 3 is 2.78 bits per heavy atom. The Labute approximate surface area is 153 Å². The first-order valence-corrected chi connectivity index (χ1v) is 8.34. The number of benzene rings is 2. The maximum absolute atomic E-state index is 14.3. The standard InChI is InChI=1S/C20H16FNO5/c1-3-25-20(23)27-19-16(11-8-9-15(24-2)13(21)10-11)18-17(22-19)12-6-4-5-7-14(12)26-18/h4-10,22H,3H2,1-2H3. The van der Waals surface area contributed by atoms with Gasteiger partial charge >= 0.3 is 6.16 Å². The highest BCUT2D eigenvalue weighted by Gasteiger charge is 2.24. The molecule has 27 heavy (non-hydrogen) atoms. The van der Waals surface area contributed by atoms with Crippen LogP contribution in [0.4, 0.5) is 9.18 Å². The predicted molar refractivity (Wildman–Crippen MR) is 97.7 cm³/mol. The molecule has 0 saturated carbocycles. The van der Waals surface area contributed by atoms with Crippen molar-refractivity contribution in [3.05, 3.63) is 48.3 Å². The Morgan fingerprint density at radius 1 is 1.22 bits per heavy atom. The number of H-pyrrole nitrogens is 1. The second kappa shape index (κ2) is 6.68. The number of carbonyl (C=O) groups is 1. The largest absolute Gasteiger partial charge is 0.515 e. The van der Waals surface area contributed by atoms with Gasteiger partial charge in [0.15, 0.2) is 17.1 Å². The van der Waals surface area contributed by atoms with E-state index in [4.69, 9.17) is 18.6 Å². The molecule has 138 valence electrons. The molecule has 0 saturated heterocycles. The number of ether oxygens (including phenoxy) is 3. The molecule has 0 spiro atoms. The molecule has 0 aliphatic heterocycles. The van der Waals surface area contributed by atoms with Crippen molar-refractivity contribution in [1.82, 2.24) is 4.98 Å². The van der Waals surface area contributed by atoms with Gasteiger partial charge in [-0.25, -0.2) is 9.18 Å². The van der Waals surface area contributed by atoms with E-state index in [1.807, 2.05) is 24.3 Å². The zero-order valence-corrected chi connectivity index (χ0v) is 14.7. The van der Waals surface area contributed by atoms with Crippen molar-refractivity contribution in [3.63, 3.8) is 0 Å². The molecule has 4 rings (SSSR count). The van der Waals surface area contributed by atoms with Gasteiger partial charge in [-0.1, -0.05) is 18.2 Å². The van der Waals surface area contributed by atoms with Crippen LogP contribution in [-0.4, -0.2) is 24.9 Å². The van der Waals surface area contributed by atoms with E-state index in [1.54, 1.807) is 13.0 Å². The van der Waals surface area contributed by atoms with Crippen molar-refractivity contribution < 1.29 is 27.8 Å². The molecular formula is C20H16FNO5. The fraction of sp³-hybridized carbons (Fsp3) is 0.150. The van der Waals surface area contributed by atoms with Gasteiger partial charge in [0, 0.05) is 5.39 Å². The number of hydrogen-bond donors (Lipinski definition) is 1. The van der Waals surface area contributed by atoms with Crippen LogP contribution < -0.4 is 9.47 Å². The number of para-hydroxylation sites is 1. The molecule has 0 radical (unpaired) electrons. The highest BCUT2D eigenvalue weighted by atomic mass is 19.1. The van der Waals surface area contributed by atoms with E-state index in [0.29, 0.717) is 27.8 Å². The lowest BCUT2D eigenvalue weighted by Gasteiger charge is -2.07. The second-order valence-corrected chi connectivity index (χ2v) is 5.77. The Kier molecular flexibility index (Phi) is 4.19. The molecule has 1 N–H and O–H groups in total. The van der Waals surface area contributed by atoms with Crippen LogP contribution in [0.25, 0.3) is 33.2 Å². The van der Waals surface area contributed by atoms with Gasteiger partial charge < -0.3 is 23.6 Å². The van der Waals surface area contributed by atoms with E-state index < -0.39 is 12.0 Å². The molecule has 0 unspecified atom stereocenters. The van der Waals surface area contributed by atoms with Crippen molar-refractivity contribution in [2.24, 2.45) is 0 Å². The average Bonchev–Trinajstić information content (AvgIpc) is 3.17. The van der Waals surface area contributed by atoms with E-state index in [2.05, 4.69) is 4.98 Å². The van der Waals surface area contributed by atoms with Crippen LogP contribution in [0, 0.1) is 5.82 Å². The van der Waals surface area contributed by atoms with Crippen LogP contribution in [0.15, 0.2) is 46.9 Å². The summed E-state index contributed by atoms with van der Waals surface area (Å²) in [6, 6.07) is 11.9. The van der Waals surface area contributed by atoms with Gasteiger partial charge in [-0.3, -0.25) is 0 Å². The lowest BCUT2D eigenvalue weighted by Crippen LogP contribution is -2.10. The average molecular weight is 369 g/mol. The van der Waals surface area contributed by atoms with Gasteiger partial charge in [0.1, 0.15) is 5.58 Å². The van der Waals surface area contributed by atoms with E-state index in [-0.39, 0.29) is 18.2 Å². The number of hydrogen-bond acceptors (Lipinski definition) is 5. The monoisotopic (exact) mass is 369 g/mol. The topological polar surface area (TPSA) is 73.7 Å². The summed E-state index contributed by atoms with van der Waals surface area (Å²) >= 11 is 0. The number of rotatable bonds is 4. The summed E-state index contributed by atoms with van der Waals surface area (Å²) in [4.78, 5) is 14.9. The minimum Gasteiger partial charge on any atom is -0.494 e. The van der Waals surface area contributed by atoms with Crippen LogP contribution >= 0.6 is 0 Å². The molecule has 0 fully saturated rings. The van der Waals surface area contributed by atoms with Crippen LogP contribution in [0.5, 0.6) is 11.6 Å². The number of furan rings is 1. The van der Waals surface area contributed by atoms with E-state index in [9.17, 15) is 9.18 Å². The zero-order chi connectivity index (χ0) is 19.0. The summed E-state index contributed by atoms with van der Waals surface area (Å²) < 4.78 is 35.3. The number of halogens is 1. The molecule has 4 aromatic rings. The highest BCUT2D eigenvalue weighted by Crippen LogP contribution is 2.42. The molecule has 0 bridgehead atoms. The third-order valence-electron chi connectivity index (χ3n) is 4.18.